The molecule has 0 saturated carbocycles. The molecule has 0 aromatic heterocycles. The first kappa shape index (κ1) is 9.58. The van der Waals surface area contributed by atoms with Crippen LogP contribution in [-0.2, 0) is 21.1 Å². The van der Waals surface area contributed by atoms with Gasteiger partial charge < -0.3 is 5.73 Å². The quantitative estimate of drug-likeness (QED) is 0.574. The molecule has 0 saturated heterocycles. The van der Waals surface area contributed by atoms with Gasteiger partial charge in [-0.05, 0) is 6.92 Å². The smallest absolute Gasteiger partial charge is 0.00975 e. The molecular formula is C8H10NW-. The fourth-order valence-corrected chi connectivity index (χ4v) is 0.738. The molecule has 0 atom stereocenters. The van der Waals surface area contributed by atoms with E-state index in [9.17, 15) is 0 Å². The van der Waals surface area contributed by atoms with Gasteiger partial charge in [-0.3, -0.25) is 0 Å². The zero-order chi connectivity index (χ0) is 6.85. The van der Waals surface area contributed by atoms with Crippen LogP contribution in [0.2, 0.25) is 0 Å². The fourth-order valence-electron chi connectivity index (χ4n) is 0.738. The van der Waals surface area contributed by atoms with Gasteiger partial charge in [0.05, 0.1) is 0 Å². The molecule has 0 spiro atoms. The zero-order valence-corrected chi connectivity index (χ0v) is 8.86. The first-order chi connectivity index (χ1) is 4.20. The van der Waals surface area contributed by atoms with Crippen LogP contribution in [0.3, 0.4) is 0 Å². The molecule has 1 aromatic carbocycles. The van der Waals surface area contributed by atoms with Crippen LogP contribution >= 0.6 is 0 Å². The first-order valence-electron chi connectivity index (χ1n) is 2.88. The molecular weight excluding hydrogens is 294 g/mol. The van der Waals surface area contributed by atoms with Gasteiger partial charge in [0.15, 0.2) is 0 Å². The van der Waals surface area contributed by atoms with E-state index in [0.717, 1.165) is 16.8 Å². The Morgan fingerprint density at radius 2 is 2.00 bits per heavy atom. The number of anilines is 1. The second-order valence-corrected chi connectivity index (χ2v) is 2.19. The van der Waals surface area contributed by atoms with E-state index in [1.54, 1.807) is 0 Å². The van der Waals surface area contributed by atoms with Gasteiger partial charge in [-0.1, -0.05) is 11.6 Å². The summed E-state index contributed by atoms with van der Waals surface area (Å²) in [5.74, 6) is 0. The van der Waals surface area contributed by atoms with Crippen molar-refractivity contribution < 1.29 is 21.1 Å². The minimum absolute atomic E-state index is 0. The summed E-state index contributed by atoms with van der Waals surface area (Å²) in [6.45, 7) is 5.74. The van der Waals surface area contributed by atoms with E-state index in [4.69, 9.17) is 5.73 Å². The molecule has 0 fully saturated rings. The number of hydrogen-bond donors (Lipinski definition) is 1. The minimum atomic E-state index is 0. The molecule has 0 bridgehead atoms. The van der Waals surface area contributed by atoms with Crippen molar-refractivity contribution in [2.45, 2.75) is 6.92 Å². The summed E-state index contributed by atoms with van der Waals surface area (Å²) >= 11 is 0. The first-order valence-corrected chi connectivity index (χ1v) is 2.88. The maximum absolute atomic E-state index is 5.56. The summed E-state index contributed by atoms with van der Waals surface area (Å²) in [6, 6.07) is 5.75. The Labute approximate surface area is 75.9 Å². The van der Waals surface area contributed by atoms with Crippen molar-refractivity contribution in [3.63, 3.8) is 0 Å². The van der Waals surface area contributed by atoms with Crippen LogP contribution < -0.4 is 5.73 Å². The largest absolute Gasteiger partial charge is 0.400 e. The van der Waals surface area contributed by atoms with E-state index in [0.29, 0.717) is 0 Å². The van der Waals surface area contributed by atoms with Gasteiger partial charge >= 0.3 is 0 Å². The Balaban J connectivity index is 0.000000810. The van der Waals surface area contributed by atoms with Crippen LogP contribution in [0.1, 0.15) is 11.1 Å². The molecule has 0 unspecified atom stereocenters. The molecule has 2 heteroatoms. The van der Waals surface area contributed by atoms with Gasteiger partial charge in [-0.25, -0.2) is 0 Å². The van der Waals surface area contributed by atoms with Crippen LogP contribution in [0.15, 0.2) is 18.2 Å². The summed E-state index contributed by atoms with van der Waals surface area (Å²) in [5.41, 5.74) is 8.51. The third kappa shape index (κ3) is 2.07. The molecule has 1 nitrogen and oxygen atoms in total. The Bertz CT molecular complexity index is 220. The van der Waals surface area contributed by atoms with Crippen molar-refractivity contribution in [2.75, 3.05) is 5.73 Å². The average molecular weight is 304 g/mol. The predicted molar refractivity (Wildman–Crippen MR) is 40.1 cm³/mol. The molecule has 0 heterocycles. The molecule has 0 aliphatic rings. The molecule has 0 amide bonds. The number of nitrogens with two attached hydrogens (primary N) is 1. The van der Waals surface area contributed by atoms with Crippen LogP contribution in [0, 0.1) is 13.8 Å². The maximum Gasteiger partial charge on any atom is 0.00975 e. The third-order valence-corrected chi connectivity index (χ3v) is 1.33. The van der Waals surface area contributed by atoms with E-state index in [2.05, 4.69) is 6.92 Å². The summed E-state index contributed by atoms with van der Waals surface area (Å²) in [4.78, 5) is 0. The summed E-state index contributed by atoms with van der Waals surface area (Å²) < 4.78 is 0. The summed E-state index contributed by atoms with van der Waals surface area (Å²) in [7, 11) is 0. The molecule has 0 aliphatic heterocycles. The number of hydrogen-bond acceptors (Lipinski definition) is 1. The Morgan fingerprint density at radius 3 is 2.40 bits per heavy atom. The van der Waals surface area contributed by atoms with Crippen molar-refractivity contribution in [1.82, 2.24) is 0 Å². The Hall–Kier alpha value is -0.422. The van der Waals surface area contributed by atoms with Crippen molar-refractivity contribution in [3.05, 3.63) is 36.2 Å². The standard InChI is InChI=1S/C8H10N.W/c1-6-3-4-8(9)7(2)5-6;/h3-5H,1,9H2,2H3;/q-1;. The van der Waals surface area contributed by atoms with E-state index in [1.165, 1.54) is 0 Å². The van der Waals surface area contributed by atoms with E-state index >= 15 is 0 Å². The Kier molecular flexibility index (Phi) is 3.52. The molecule has 2 N–H and O–H groups in total. The predicted octanol–water partition coefficient (Wildman–Crippen LogP) is 1.76. The van der Waals surface area contributed by atoms with Gasteiger partial charge in [-0.15, -0.1) is 0 Å². The van der Waals surface area contributed by atoms with Crippen LogP contribution in [0.4, 0.5) is 5.69 Å². The molecule has 10 heavy (non-hydrogen) atoms. The monoisotopic (exact) mass is 304 g/mol. The number of rotatable bonds is 0. The van der Waals surface area contributed by atoms with Gasteiger partial charge in [0.1, 0.15) is 0 Å². The van der Waals surface area contributed by atoms with E-state index in [-0.39, 0.29) is 21.1 Å². The van der Waals surface area contributed by atoms with Gasteiger partial charge in [-0.2, -0.15) is 24.6 Å². The zero-order valence-electron chi connectivity index (χ0n) is 5.92. The minimum Gasteiger partial charge on any atom is -0.400 e. The second-order valence-electron chi connectivity index (χ2n) is 2.19. The Morgan fingerprint density at radius 1 is 1.40 bits per heavy atom. The van der Waals surface area contributed by atoms with Gasteiger partial charge in [0, 0.05) is 26.8 Å². The SMILES string of the molecule is [CH2-]c1ccc(N)c(C)c1.[W]. The molecule has 0 radical (unpaired) electrons. The van der Waals surface area contributed by atoms with Crippen molar-refractivity contribution in [3.8, 4) is 0 Å². The fraction of sp³-hybridized carbons (Fsp3) is 0.125. The number of benzene rings is 1. The number of nitrogen functional groups attached to an aromatic ring is 1. The van der Waals surface area contributed by atoms with Gasteiger partial charge in [0.25, 0.3) is 0 Å². The van der Waals surface area contributed by atoms with Crippen molar-refractivity contribution in [2.24, 2.45) is 0 Å². The van der Waals surface area contributed by atoms with Crippen LogP contribution in [0.5, 0.6) is 0 Å². The topological polar surface area (TPSA) is 26.0 Å². The second kappa shape index (κ2) is 3.67. The van der Waals surface area contributed by atoms with Crippen molar-refractivity contribution in [1.29, 1.82) is 0 Å². The normalized spacial score (nSPS) is 8.50. The number of aryl methyl sites for hydroxylation is 1. The molecule has 1 aromatic rings. The van der Waals surface area contributed by atoms with Gasteiger partial charge in [0.2, 0.25) is 0 Å². The molecule has 54 valence electrons. The van der Waals surface area contributed by atoms with Crippen molar-refractivity contribution >= 4 is 5.69 Å². The van der Waals surface area contributed by atoms with E-state index < -0.39 is 0 Å². The molecule has 0 aliphatic carbocycles. The third-order valence-electron chi connectivity index (χ3n) is 1.33. The maximum atomic E-state index is 5.56. The van der Waals surface area contributed by atoms with Crippen LogP contribution in [0.25, 0.3) is 0 Å². The summed E-state index contributed by atoms with van der Waals surface area (Å²) in [5, 5.41) is 0. The van der Waals surface area contributed by atoms with E-state index in [1.807, 2.05) is 25.1 Å². The average Bonchev–Trinajstić information content (AvgIpc) is 1.80. The summed E-state index contributed by atoms with van der Waals surface area (Å²) in [6.07, 6.45) is 0. The van der Waals surface area contributed by atoms with Crippen LogP contribution in [-0.4, -0.2) is 0 Å². The molecule has 1 rings (SSSR count).